The molecule has 0 fully saturated rings. The van der Waals surface area contributed by atoms with Gasteiger partial charge in [0.05, 0.1) is 0 Å². The molecule has 0 aliphatic heterocycles. The number of allylic oxidation sites excluding steroid dienone is 5. The molecular weight excluding hydrogens is 242 g/mol. The molecule has 0 radical (unpaired) electrons. The summed E-state index contributed by atoms with van der Waals surface area (Å²) in [5, 5.41) is 0. The van der Waals surface area contributed by atoms with Crippen molar-refractivity contribution in [2.75, 3.05) is 7.05 Å². The Bertz CT molecular complexity index is 371. The van der Waals surface area contributed by atoms with Crippen molar-refractivity contribution in [3.8, 4) is 0 Å². The lowest BCUT2D eigenvalue weighted by atomic mass is 9.88. The fourth-order valence-corrected chi connectivity index (χ4v) is 2.72. The molecule has 1 rings (SSSR count). The van der Waals surface area contributed by atoms with Crippen molar-refractivity contribution in [3.05, 3.63) is 35.6 Å². The molecule has 0 aromatic rings. The zero-order valence-electron chi connectivity index (χ0n) is 14.2. The van der Waals surface area contributed by atoms with Crippen LogP contribution in [-0.2, 0) is 0 Å². The Morgan fingerprint density at radius 3 is 2.30 bits per heavy atom. The highest BCUT2D eigenvalue weighted by Gasteiger charge is 2.11. The molecule has 0 amide bonds. The number of rotatable bonds is 8. The third-order valence-corrected chi connectivity index (χ3v) is 4.17. The van der Waals surface area contributed by atoms with E-state index in [4.69, 9.17) is 0 Å². The highest BCUT2D eigenvalue weighted by molar-refractivity contribution is 5.33. The lowest BCUT2D eigenvalue weighted by Gasteiger charge is -2.26. The molecule has 0 heterocycles. The van der Waals surface area contributed by atoms with Crippen LogP contribution in [-0.4, -0.2) is 18.0 Å². The number of hydrogen-bond donors (Lipinski definition) is 0. The average Bonchev–Trinajstić information content (AvgIpc) is 2.38. The van der Waals surface area contributed by atoms with Gasteiger partial charge in [-0.3, -0.25) is 0 Å². The van der Waals surface area contributed by atoms with Gasteiger partial charge in [0.25, 0.3) is 0 Å². The van der Waals surface area contributed by atoms with Gasteiger partial charge in [-0.25, -0.2) is 0 Å². The van der Waals surface area contributed by atoms with Crippen LogP contribution in [0.4, 0.5) is 0 Å². The molecular formula is C19H33N. The van der Waals surface area contributed by atoms with Crippen LogP contribution in [0.5, 0.6) is 0 Å². The van der Waals surface area contributed by atoms with Crippen LogP contribution in [0.3, 0.4) is 0 Å². The van der Waals surface area contributed by atoms with Gasteiger partial charge in [0.2, 0.25) is 0 Å². The van der Waals surface area contributed by atoms with Gasteiger partial charge in [-0.1, -0.05) is 32.6 Å². The predicted octanol–water partition coefficient (Wildman–Crippen LogP) is 5.70. The molecule has 0 bridgehead atoms. The van der Waals surface area contributed by atoms with Gasteiger partial charge >= 0.3 is 0 Å². The summed E-state index contributed by atoms with van der Waals surface area (Å²) in [5.74, 6) is 0.754. The summed E-state index contributed by atoms with van der Waals surface area (Å²) in [7, 11) is 2.15. The van der Waals surface area contributed by atoms with E-state index in [-0.39, 0.29) is 0 Å². The minimum Gasteiger partial charge on any atom is -0.376 e. The van der Waals surface area contributed by atoms with E-state index in [1.54, 1.807) is 11.1 Å². The Morgan fingerprint density at radius 2 is 1.75 bits per heavy atom. The SMILES string of the molecule is C=C(CCCC1=CCCC=C1CC(C)C)N(C)C(C)C. The summed E-state index contributed by atoms with van der Waals surface area (Å²) >= 11 is 0. The first-order valence-corrected chi connectivity index (χ1v) is 8.20. The minimum atomic E-state index is 0.549. The van der Waals surface area contributed by atoms with Crippen LogP contribution in [0.15, 0.2) is 35.6 Å². The fourth-order valence-electron chi connectivity index (χ4n) is 2.72. The molecule has 1 heteroatoms. The van der Waals surface area contributed by atoms with Gasteiger partial charge in [0.1, 0.15) is 0 Å². The van der Waals surface area contributed by atoms with Crippen molar-refractivity contribution in [2.45, 2.75) is 72.3 Å². The molecule has 0 aromatic heterocycles. The third kappa shape index (κ3) is 5.56. The summed E-state index contributed by atoms with van der Waals surface area (Å²) < 4.78 is 0. The van der Waals surface area contributed by atoms with Crippen molar-refractivity contribution < 1.29 is 0 Å². The van der Waals surface area contributed by atoms with Gasteiger partial charge in [-0.15, -0.1) is 0 Å². The summed E-state index contributed by atoms with van der Waals surface area (Å²) in [5.41, 5.74) is 4.48. The molecule has 0 N–H and O–H groups in total. The lowest BCUT2D eigenvalue weighted by Crippen LogP contribution is -2.24. The number of hydrogen-bond acceptors (Lipinski definition) is 1. The summed E-state index contributed by atoms with van der Waals surface area (Å²) in [6.45, 7) is 13.3. The maximum Gasteiger partial charge on any atom is 0.0226 e. The Balaban J connectivity index is 2.42. The quantitative estimate of drug-likeness (QED) is 0.549. The first-order chi connectivity index (χ1) is 9.41. The van der Waals surface area contributed by atoms with Crippen LogP contribution in [0.25, 0.3) is 0 Å². The number of nitrogens with zero attached hydrogens (tertiary/aromatic N) is 1. The monoisotopic (exact) mass is 275 g/mol. The Hall–Kier alpha value is -0.980. The smallest absolute Gasteiger partial charge is 0.0226 e. The molecule has 114 valence electrons. The molecule has 1 aliphatic rings. The second kappa shape index (κ2) is 8.34. The predicted molar refractivity (Wildman–Crippen MR) is 90.7 cm³/mol. The first-order valence-electron chi connectivity index (χ1n) is 8.20. The molecule has 0 aromatic carbocycles. The van der Waals surface area contributed by atoms with Crippen LogP contribution >= 0.6 is 0 Å². The minimum absolute atomic E-state index is 0.549. The topological polar surface area (TPSA) is 3.24 Å². The van der Waals surface area contributed by atoms with Crippen molar-refractivity contribution in [1.29, 1.82) is 0 Å². The Kier molecular flexibility index (Phi) is 7.12. The van der Waals surface area contributed by atoms with Gasteiger partial charge in [0.15, 0.2) is 0 Å². The van der Waals surface area contributed by atoms with Crippen molar-refractivity contribution in [3.63, 3.8) is 0 Å². The van der Waals surface area contributed by atoms with Gasteiger partial charge < -0.3 is 4.90 Å². The molecule has 20 heavy (non-hydrogen) atoms. The molecule has 1 aliphatic carbocycles. The second-order valence-corrected chi connectivity index (χ2v) is 6.76. The van der Waals surface area contributed by atoms with Gasteiger partial charge in [-0.05, 0) is 69.4 Å². The van der Waals surface area contributed by atoms with Crippen molar-refractivity contribution in [1.82, 2.24) is 4.90 Å². The van der Waals surface area contributed by atoms with Crippen LogP contribution in [0, 0.1) is 5.92 Å². The van der Waals surface area contributed by atoms with Crippen molar-refractivity contribution in [2.24, 2.45) is 5.92 Å². The Morgan fingerprint density at radius 1 is 1.15 bits per heavy atom. The maximum atomic E-state index is 4.22. The molecule has 1 nitrogen and oxygen atoms in total. The van der Waals surface area contributed by atoms with E-state index in [1.807, 2.05) is 0 Å². The van der Waals surface area contributed by atoms with E-state index in [0.717, 1.165) is 12.3 Å². The van der Waals surface area contributed by atoms with E-state index in [0.29, 0.717) is 6.04 Å². The van der Waals surface area contributed by atoms with Gasteiger partial charge in [-0.2, -0.15) is 0 Å². The second-order valence-electron chi connectivity index (χ2n) is 6.76. The van der Waals surface area contributed by atoms with Gasteiger partial charge in [0, 0.05) is 18.8 Å². The van der Waals surface area contributed by atoms with E-state index in [1.165, 1.54) is 37.8 Å². The highest BCUT2D eigenvalue weighted by Crippen LogP contribution is 2.29. The third-order valence-electron chi connectivity index (χ3n) is 4.17. The molecule has 0 unspecified atom stereocenters. The maximum absolute atomic E-state index is 4.22. The highest BCUT2D eigenvalue weighted by atomic mass is 15.1. The van der Waals surface area contributed by atoms with Crippen LogP contribution in [0.1, 0.15) is 66.2 Å². The van der Waals surface area contributed by atoms with Crippen LogP contribution in [0.2, 0.25) is 0 Å². The van der Waals surface area contributed by atoms with Crippen LogP contribution < -0.4 is 0 Å². The zero-order valence-corrected chi connectivity index (χ0v) is 14.2. The lowest BCUT2D eigenvalue weighted by molar-refractivity contribution is 0.332. The van der Waals surface area contributed by atoms with E-state index in [9.17, 15) is 0 Å². The summed E-state index contributed by atoms with van der Waals surface area (Å²) in [6.07, 6.45) is 12.2. The Labute approximate surface area is 126 Å². The molecule has 0 saturated heterocycles. The van der Waals surface area contributed by atoms with E-state index >= 15 is 0 Å². The fraction of sp³-hybridized carbons (Fsp3) is 0.684. The van der Waals surface area contributed by atoms with E-state index < -0.39 is 0 Å². The summed E-state index contributed by atoms with van der Waals surface area (Å²) in [6, 6.07) is 0.549. The molecule has 0 atom stereocenters. The zero-order chi connectivity index (χ0) is 15.1. The standard InChI is InChI=1S/C19H33N/c1-15(2)14-19-12-8-7-11-18(19)13-9-10-17(5)20(6)16(3)4/h11-12,15-16H,5,7-10,13-14H2,1-4,6H3. The first kappa shape index (κ1) is 17.1. The average molecular weight is 275 g/mol. The van der Waals surface area contributed by atoms with Crippen molar-refractivity contribution >= 4 is 0 Å². The van der Waals surface area contributed by atoms with E-state index in [2.05, 4.69) is 58.4 Å². The summed E-state index contributed by atoms with van der Waals surface area (Å²) in [4.78, 5) is 2.29. The largest absolute Gasteiger partial charge is 0.376 e. The molecule has 0 spiro atoms. The normalized spacial score (nSPS) is 15.3. The molecule has 0 saturated carbocycles.